The number of alkyl halides is 1. The normalized spacial score (nSPS) is 12.4. The highest BCUT2D eigenvalue weighted by Crippen LogP contribution is 2.26. The van der Waals surface area contributed by atoms with Crippen LogP contribution in [0.25, 0.3) is 11.6 Å². The fourth-order valence-electron chi connectivity index (χ4n) is 2.25. The van der Waals surface area contributed by atoms with Gasteiger partial charge in [0.1, 0.15) is 0 Å². The lowest BCUT2D eigenvalue weighted by atomic mass is 9.93. The van der Waals surface area contributed by atoms with Crippen LogP contribution in [0.4, 0.5) is 4.39 Å². The SMILES string of the molecule is C=Cc1ccc(C)c(C(/C=C(/CCCF)C(=C)C)=C/C)c1. The molecular formula is C20H25F. The summed E-state index contributed by atoms with van der Waals surface area (Å²) in [4.78, 5) is 0. The summed E-state index contributed by atoms with van der Waals surface area (Å²) in [6.07, 6.45) is 7.34. The summed E-state index contributed by atoms with van der Waals surface area (Å²) in [5.41, 5.74) is 6.77. The summed E-state index contributed by atoms with van der Waals surface area (Å²) < 4.78 is 12.4. The first kappa shape index (κ1) is 17.2. The number of hydrogen-bond acceptors (Lipinski definition) is 0. The average molecular weight is 284 g/mol. The van der Waals surface area contributed by atoms with Crippen LogP contribution in [-0.4, -0.2) is 6.67 Å². The van der Waals surface area contributed by atoms with Crippen LogP contribution in [0, 0.1) is 6.92 Å². The van der Waals surface area contributed by atoms with E-state index in [4.69, 9.17) is 0 Å². The Bertz CT molecular complexity index is 574. The molecule has 0 N–H and O–H groups in total. The van der Waals surface area contributed by atoms with Crippen LogP contribution in [-0.2, 0) is 0 Å². The highest BCUT2D eigenvalue weighted by Gasteiger charge is 2.06. The van der Waals surface area contributed by atoms with Crippen LogP contribution in [0.15, 0.2) is 54.7 Å². The van der Waals surface area contributed by atoms with Crippen molar-refractivity contribution in [1.29, 1.82) is 0 Å². The number of halogens is 1. The standard InChI is InChI=1S/C20H25F/c1-6-17-11-10-16(5)20(13-17)18(7-2)14-19(15(3)4)9-8-12-21/h6-7,10-11,13-14H,1,3,8-9,12H2,2,4-5H3/b18-7+,19-14-. The lowest BCUT2D eigenvalue weighted by Gasteiger charge is -2.12. The molecule has 1 aromatic rings. The van der Waals surface area contributed by atoms with Crippen LogP contribution in [0.3, 0.4) is 0 Å². The van der Waals surface area contributed by atoms with E-state index in [1.165, 1.54) is 11.1 Å². The zero-order valence-electron chi connectivity index (χ0n) is 13.4. The summed E-state index contributed by atoms with van der Waals surface area (Å²) in [5.74, 6) is 0. The molecule has 0 saturated carbocycles. The summed E-state index contributed by atoms with van der Waals surface area (Å²) >= 11 is 0. The van der Waals surface area contributed by atoms with Gasteiger partial charge in [0.25, 0.3) is 0 Å². The number of hydrogen-bond donors (Lipinski definition) is 0. The minimum atomic E-state index is -0.291. The fourth-order valence-corrected chi connectivity index (χ4v) is 2.25. The van der Waals surface area contributed by atoms with Crippen molar-refractivity contribution in [2.24, 2.45) is 0 Å². The van der Waals surface area contributed by atoms with Crippen molar-refractivity contribution in [1.82, 2.24) is 0 Å². The minimum Gasteiger partial charge on any atom is -0.251 e. The van der Waals surface area contributed by atoms with Gasteiger partial charge in [0.15, 0.2) is 0 Å². The fraction of sp³-hybridized carbons (Fsp3) is 0.300. The molecule has 1 heteroatoms. The first-order valence-corrected chi connectivity index (χ1v) is 7.35. The third-order valence-electron chi connectivity index (χ3n) is 3.58. The lowest BCUT2D eigenvalue weighted by Crippen LogP contribution is -1.92. The second-order valence-electron chi connectivity index (χ2n) is 5.26. The highest BCUT2D eigenvalue weighted by molar-refractivity contribution is 5.78. The Labute approximate surface area is 128 Å². The second-order valence-corrected chi connectivity index (χ2v) is 5.26. The van der Waals surface area contributed by atoms with Gasteiger partial charge in [-0.15, -0.1) is 0 Å². The van der Waals surface area contributed by atoms with Gasteiger partial charge in [-0.05, 0) is 67.5 Å². The molecule has 0 saturated heterocycles. The minimum absolute atomic E-state index is 0.291. The van der Waals surface area contributed by atoms with Crippen molar-refractivity contribution >= 4 is 11.6 Å². The van der Waals surface area contributed by atoms with Gasteiger partial charge in [0.2, 0.25) is 0 Å². The molecule has 0 atom stereocenters. The van der Waals surface area contributed by atoms with Crippen molar-refractivity contribution in [3.63, 3.8) is 0 Å². The molecule has 0 aliphatic carbocycles. The molecule has 0 unspecified atom stereocenters. The lowest BCUT2D eigenvalue weighted by molar-refractivity contribution is 0.473. The van der Waals surface area contributed by atoms with Crippen LogP contribution >= 0.6 is 0 Å². The molecule has 0 spiro atoms. The van der Waals surface area contributed by atoms with Crippen molar-refractivity contribution in [3.05, 3.63) is 71.3 Å². The molecule has 112 valence electrons. The zero-order chi connectivity index (χ0) is 15.8. The van der Waals surface area contributed by atoms with Gasteiger partial charge in [-0.25, -0.2) is 0 Å². The van der Waals surface area contributed by atoms with Gasteiger partial charge in [0.05, 0.1) is 6.67 Å². The van der Waals surface area contributed by atoms with Crippen molar-refractivity contribution in [2.45, 2.75) is 33.6 Å². The van der Waals surface area contributed by atoms with E-state index >= 15 is 0 Å². The van der Waals surface area contributed by atoms with E-state index in [0.29, 0.717) is 6.42 Å². The van der Waals surface area contributed by atoms with Gasteiger partial charge in [-0.3, -0.25) is 4.39 Å². The van der Waals surface area contributed by atoms with E-state index in [0.717, 1.165) is 28.7 Å². The predicted molar refractivity (Wildman–Crippen MR) is 93.0 cm³/mol. The third-order valence-corrected chi connectivity index (χ3v) is 3.58. The van der Waals surface area contributed by atoms with Gasteiger partial charge < -0.3 is 0 Å². The van der Waals surface area contributed by atoms with Gasteiger partial charge in [-0.1, -0.05) is 49.1 Å². The Morgan fingerprint density at radius 3 is 2.57 bits per heavy atom. The summed E-state index contributed by atoms with van der Waals surface area (Å²) in [5, 5.41) is 0. The highest BCUT2D eigenvalue weighted by atomic mass is 19.1. The molecular weight excluding hydrogens is 259 g/mol. The first-order chi connectivity index (χ1) is 10.0. The Morgan fingerprint density at radius 2 is 2.05 bits per heavy atom. The maximum atomic E-state index is 12.4. The van der Waals surface area contributed by atoms with E-state index < -0.39 is 0 Å². The molecule has 0 amide bonds. The predicted octanol–water partition coefficient (Wildman–Crippen LogP) is 6.29. The number of aryl methyl sites for hydroxylation is 1. The zero-order valence-corrected chi connectivity index (χ0v) is 13.4. The summed E-state index contributed by atoms with van der Waals surface area (Å²) in [6, 6.07) is 6.30. The van der Waals surface area contributed by atoms with Crippen molar-refractivity contribution in [2.75, 3.05) is 6.67 Å². The maximum Gasteiger partial charge on any atom is 0.0897 e. The Kier molecular flexibility index (Phi) is 6.87. The van der Waals surface area contributed by atoms with Crippen LogP contribution in [0.2, 0.25) is 0 Å². The quantitative estimate of drug-likeness (QED) is 0.516. The first-order valence-electron chi connectivity index (χ1n) is 7.35. The van der Waals surface area contributed by atoms with Gasteiger partial charge >= 0.3 is 0 Å². The van der Waals surface area contributed by atoms with Crippen LogP contribution in [0.1, 0.15) is 43.4 Å². The smallest absolute Gasteiger partial charge is 0.0897 e. The molecule has 0 aromatic heterocycles. The summed E-state index contributed by atoms with van der Waals surface area (Å²) in [6.45, 7) is 13.6. The molecule has 1 rings (SSSR count). The Balaban J connectivity index is 3.23. The largest absolute Gasteiger partial charge is 0.251 e. The molecule has 0 heterocycles. The van der Waals surface area contributed by atoms with E-state index in [9.17, 15) is 4.39 Å². The van der Waals surface area contributed by atoms with Crippen molar-refractivity contribution in [3.8, 4) is 0 Å². The second kappa shape index (κ2) is 8.41. The topological polar surface area (TPSA) is 0 Å². The molecule has 0 nitrogen and oxygen atoms in total. The van der Waals surface area contributed by atoms with E-state index in [-0.39, 0.29) is 6.67 Å². The van der Waals surface area contributed by atoms with E-state index in [1.54, 1.807) is 0 Å². The number of benzene rings is 1. The third kappa shape index (κ3) is 4.86. The maximum absolute atomic E-state index is 12.4. The molecule has 0 aliphatic heterocycles. The Morgan fingerprint density at radius 1 is 1.33 bits per heavy atom. The summed E-state index contributed by atoms with van der Waals surface area (Å²) in [7, 11) is 0. The van der Waals surface area contributed by atoms with Crippen LogP contribution < -0.4 is 0 Å². The van der Waals surface area contributed by atoms with Gasteiger partial charge in [-0.2, -0.15) is 0 Å². The molecule has 0 bridgehead atoms. The average Bonchev–Trinajstić information content (AvgIpc) is 2.48. The van der Waals surface area contributed by atoms with Gasteiger partial charge in [0, 0.05) is 0 Å². The molecule has 21 heavy (non-hydrogen) atoms. The molecule has 1 aromatic carbocycles. The van der Waals surface area contributed by atoms with Crippen molar-refractivity contribution < 1.29 is 4.39 Å². The van der Waals surface area contributed by atoms with E-state index in [1.807, 2.05) is 19.9 Å². The molecule has 0 aliphatic rings. The molecule has 0 radical (unpaired) electrons. The van der Waals surface area contributed by atoms with E-state index in [2.05, 4.69) is 50.4 Å². The molecule has 0 fully saturated rings. The van der Waals surface area contributed by atoms with Crippen LogP contribution in [0.5, 0.6) is 0 Å². The number of allylic oxidation sites excluding steroid dienone is 5. The Hall–Kier alpha value is -1.89. The number of rotatable bonds is 7. The monoisotopic (exact) mass is 284 g/mol.